The predicted molar refractivity (Wildman–Crippen MR) is 114 cm³/mol. The highest BCUT2D eigenvalue weighted by Gasteiger charge is 2.24. The van der Waals surface area contributed by atoms with E-state index in [-0.39, 0.29) is 6.04 Å². The summed E-state index contributed by atoms with van der Waals surface area (Å²) in [6.07, 6.45) is 3.12. The van der Waals surface area contributed by atoms with E-state index in [4.69, 9.17) is 4.84 Å². The van der Waals surface area contributed by atoms with Gasteiger partial charge in [-0.3, -0.25) is 0 Å². The molecule has 4 heteroatoms. The molecule has 1 aliphatic heterocycles. The van der Waals surface area contributed by atoms with Crippen molar-refractivity contribution in [2.45, 2.75) is 32.9 Å². The molecule has 1 aliphatic rings. The fraction of sp³-hybridized carbons (Fsp3) is 0.292. The Hall–Kier alpha value is -2.85. The average molecular weight is 374 g/mol. The SMILES string of the molecule is CC(C)CC(CON=C1c2ccccc2-n2cccc21)NCc1ccccc1. The number of rotatable bonds is 8. The molecule has 1 N–H and O–H groups in total. The largest absolute Gasteiger partial charge is 0.394 e. The van der Waals surface area contributed by atoms with Crippen LogP contribution in [0, 0.1) is 5.92 Å². The molecule has 2 heterocycles. The molecule has 4 rings (SSSR count). The first-order valence-electron chi connectivity index (χ1n) is 9.97. The van der Waals surface area contributed by atoms with Gasteiger partial charge in [-0.25, -0.2) is 0 Å². The van der Waals surface area contributed by atoms with Gasteiger partial charge in [0.15, 0.2) is 0 Å². The minimum atomic E-state index is 0.257. The number of aromatic nitrogens is 1. The number of fused-ring (bicyclic) bond motifs is 3. The number of benzene rings is 2. The molecule has 0 saturated heterocycles. The Morgan fingerprint density at radius 2 is 1.75 bits per heavy atom. The second-order valence-corrected chi connectivity index (χ2v) is 7.71. The van der Waals surface area contributed by atoms with Crippen molar-refractivity contribution in [2.24, 2.45) is 11.1 Å². The van der Waals surface area contributed by atoms with E-state index in [0.717, 1.165) is 35.6 Å². The van der Waals surface area contributed by atoms with Gasteiger partial charge in [-0.05, 0) is 36.1 Å². The second kappa shape index (κ2) is 8.44. The van der Waals surface area contributed by atoms with Crippen LogP contribution in [-0.4, -0.2) is 22.9 Å². The van der Waals surface area contributed by atoms with Gasteiger partial charge in [-0.2, -0.15) is 0 Å². The molecular formula is C24H27N3O. The van der Waals surface area contributed by atoms with Crippen LogP contribution < -0.4 is 5.32 Å². The number of hydrogen-bond acceptors (Lipinski definition) is 3. The summed E-state index contributed by atoms with van der Waals surface area (Å²) in [5.74, 6) is 0.592. The first-order chi connectivity index (χ1) is 13.7. The van der Waals surface area contributed by atoms with Gasteiger partial charge in [0.25, 0.3) is 0 Å². The lowest BCUT2D eigenvalue weighted by atomic mass is 10.0. The van der Waals surface area contributed by atoms with E-state index in [1.54, 1.807) is 0 Å². The maximum absolute atomic E-state index is 5.86. The van der Waals surface area contributed by atoms with Crippen molar-refractivity contribution >= 4 is 5.71 Å². The maximum Gasteiger partial charge on any atom is 0.136 e. The van der Waals surface area contributed by atoms with Crippen LogP contribution in [0.2, 0.25) is 0 Å². The van der Waals surface area contributed by atoms with Crippen LogP contribution in [0.25, 0.3) is 5.69 Å². The van der Waals surface area contributed by atoms with E-state index in [2.05, 4.69) is 83.6 Å². The van der Waals surface area contributed by atoms with Gasteiger partial charge >= 0.3 is 0 Å². The Balaban J connectivity index is 1.44. The van der Waals surface area contributed by atoms with Gasteiger partial charge in [0.05, 0.1) is 11.4 Å². The fourth-order valence-electron chi connectivity index (χ4n) is 3.73. The monoisotopic (exact) mass is 373 g/mol. The lowest BCUT2D eigenvalue weighted by molar-refractivity contribution is 0.112. The molecule has 4 nitrogen and oxygen atoms in total. The van der Waals surface area contributed by atoms with Crippen molar-refractivity contribution in [2.75, 3.05) is 6.61 Å². The van der Waals surface area contributed by atoms with Crippen molar-refractivity contribution < 1.29 is 4.84 Å². The van der Waals surface area contributed by atoms with Crippen molar-refractivity contribution in [3.63, 3.8) is 0 Å². The van der Waals surface area contributed by atoms with Crippen LogP contribution >= 0.6 is 0 Å². The normalized spacial score (nSPS) is 14.9. The molecule has 28 heavy (non-hydrogen) atoms. The highest BCUT2D eigenvalue weighted by Crippen LogP contribution is 2.28. The number of para-hydroxylation sites is 1. The molecule has 0 spiro atoms. The quantitative estimate of drug-likeness (QED) is 0.452. The van der Waals surface area contributed by atoms with Gasteiger partial charge < -0.3 is 14.7 Å². The molecule has 0 bridgehead atoms. The van der Waals surface area contributed by atoms with E-state index >= 15 is 0 Å². The zero-order valence-corrected chi connectivity index (χ0v) is 16.5. The van der Waals surface area contributed by atoms with Gasteiger partial charge in [-0.15, -0.1) is 0 Å². The number of hydrogen-bond donors (Lipinski definition) is 1. The zero-order valence-electron chi connectivity index (χ0n) is 16.5. The Morgan fingerprint density at radius 1 is 0.964 bits per heavy atom. The smallest absolute Gasteiger partial charge is 0.136 e. The summed E-state index contributed by atoms with van der Waals surface area (Å²) in [6, 6.07) is 23.2. The summed E-state index contributed by atoms with van der Waals surface area (Å²) in [5.41, 5.74) is 5.55. The third-order valence-corrected chi connectivity index (χ3v) is 5.04. The molecule has 1 unspecified atom stereocenters. The van der Waals surface area contributed by atoms with Gasteiger partial charge in [-0.1, -0.05) is 67.5 Å². The molecule has 1 atom stereocenters. The van der Waals surface area contributed by atoms with Crippen LogP contribution in [0.3, 0.4) is 0 Å². The van der Waals surface area contributed by atoms with Crippen LogP contribution in [0.5, 0.6) is 0 Å². The summed E-state index contributed by atoms with van der Waals surface area (Å²) < 4.78 is 2.16. The van der Waals surface area contributed by atoms with E-state index in [1.807, 2.05) is 18.2 Å². The molecule has 0 radical (unpaired) electrons. The number of oxime groups is 1. The summed E-state index contributed by atoms with van der Waals surface area (Å²) in [5, 5.41) is 8.16. The van der Waals surface area contributed by atoms with E-state index in [9.17, 15) is 0 Å². The third kappa shape index (κ3) is 4.02. The Morgan fingerprint density at radius 3 is 2.57 bits per heavy atom. The van der Waals surface area contributed by atoms with Crippen molar-refractivity contribution in [1.29, 1.82) is 0 Å². The lowest BCUT2D eigenvalue weighted by Gasteiger charge is -2.19. The van der Waals surface area contributed by atoms with E-state index in [1.165, 1.54) is 5.56 Å². The Kier molecular flexibility index (Phi) is 5.58. The maximum atomic E-state index is 5.86. The molecule has 144 valence electrons. The zero-order chi connectivity index (χ0) is 19.3. The summed E-state index contributed by atoms with van der Waals surface area (Å²) in [7, 11) is 0. The van der Waals surface area contributed by atoms with E-state index < -0.39 is 0 Å². The van der Waals surface area contributed by atoms with Crippen LogP contribution in [-0.2, 0) is 11.4 Å². The van der Waals surface area contributed by atoms with E-state index in [0.29, 0.717) is 12.5 Å². The fourth-order valence-corrected chi connectivity index (χ4v) is 3.73. The van der Waals surface area contributed by atoms with Crippen molar-refractivity contribution in [3.05, 3.63) is 89.7 Å². The minimum absolute atomic E-state index is 0.257. The van der Waals surface area contributed by atoms with Crippen LogP contribution in [0.15, 0.2) is 78.1 Å². The van der Waals surface area contributed by atoms with Gasteiger partial charge in [0, 0.05) is 24.3 Å². The summed E-state index contributed by atoms with van der Waals surface area (Å²) in [6.45, 7) is 5.87. The minimum Gasteiger partial charge on any atom is -0.394 e. The number of nitrogens with one attached hydrogen (secondary N) is 1. The van der Waals surface area contributed by atoms with Gasteiger partial charge in [0.2, 0.25) is 0 Å². The summed E-state index contributed by atoms with van der Waals surface area (Å²) >= 11 is 0. The number of nitrogens with zero attached hydrogens (tertiary/aromatic N) is 2. The first-order valence-corrected chi connectivity index (χ1v) is 9.97. The highest BCUT2D eigenvalue weighted by atomic mass is 16.6. The average Bonchev–Trinajstić information content (AvgIpc) is 3.29. The second-order valence-electron chi connectivity index (χ2n) is 7.71. The van der Waals surface area contributed by atoms with Crippen molar-refractivity contribution in [1.82, 2.24) is 9.88 Å². The first kappa shape index (κ1) is 18.5. The molecule has 0 amide bonds. The third-order valence-electron chi connectivity index (χ3n) is 5.04. The van der Waals surface area contributed by atoms with Crippen LogP contribution in [0.4, 0.5) is 0 Å². The topological polar surface area (TPSA) is 38.5 Å². The highest BCUT2D eigenvalue weighted by molar-refractivity contribution is 6.17. The molecule has 2 aromatic carbocycles. The summed E-state index contributed by atoms with van der Waals surface area (Å²) in [4.78, 5) is 5.86. The molecule has 0 fully saturated rings. The predicted octanol–water partition coefficient (Wildman–Crippen LogP) is 4.76. The molecule has 0 aliphatic carbocycles. The Bertz CT molecular complexity index is 943. The Labute approximate surface area is 166 Å². The lowest BCUT2D eigenvalue weighted by Crippen LogP contribution is -2.34. The molecular weight excluding hydrogens is 346 g/mol. The molecule has 3 aromatic rings. The molecule has 0 saturated carbocycles. The van der Waals surface area contributed by atoms with Crippen molar-refractivity contribution in [3.8, 4) is 5.69 Å². The molecule has 1 aromatic heterocycles. The standard InChI is InChI=1S/C24H27N3O/c1-18(2)15-20(25-16-19-9-4-3-5-10-19)17-28-26-24-21-11-6-7-12-22(21)27-14-8-13-23(24)27/h3-14,18,20,25H,15-17H2,1-2H3. The van der Waals surface area contributed by atoms with Crippen LogP contribution in [0.1, 0.15) is 37.1 Å². The van der Waals surface area contributed by atoms with Gasteiger partial charge in [0.1, 0.15) is 12.3 Å².